The van der Waals surface area contributed by atoms with E-state index in [0.29, 0.717) is 17.1 Å². The molecule has 0 unspecified atom stereocenters. The van der Waals surface area contributed by atoms with Gasteiger partial charge in [0.15, 0.2) is 0 Å². The van der Waals surface area contributed by atoms with Gasteiger partial charge in [-0.3, -0.25) is 5.41 Å². The third-order valence-corrected chi connectivity index (χ3v) is 3.57. The Morgan fingerprint density at radius 2 is 1.90 bits per heavy atom. The maximum absolute atomic E-state index is 7.69. The number of hydrogen-bond acceptors (Lipinski definition) is 3. The van der Waals surface area contributed by atoms with Crippen LogP contribution < -0.4 is 15.4 Å². The van der Waals surface area contributed by atoms with Crippen molar-refractivity contribution in [1.29, 1.82) is 5.41 Å². The van der Waals surface area contributed by atoms with E-state index in [4.69, 9.17) is 27.5 Å². The molecule has 0 spiro atoms. The molecule has 0 heterocycles. The molecule has 0 aliphatic heterocycles. The van der Waals surface area contributed by atoms with Crippen molar-refractivity contribution < 1.29 is 4.74 Å². The number of amidine groups is 1. The summed E-state index contributed by atoms with van der Waals surface area (Å²) < 4.78 is 5.15. The lowest BCUT2D eigenvalue weighted by Crippen LogP contribution is -2.22. The van der Waals surface area contributed by atoms with Crippen molar-refractivity contribution in [2.45, 2.75) is 6.54 Å². The highest BCUT2D eigenvalue weighted by molar-refractivity contribution is 6.34. The average molecular weight is 304 g/mol. The quantitative estimate of drug-likeness (QED) is 0.658. The molecular formula is C16H18ClN3O. The number of nitrogens with zero attached hydrogens (tertiary/aromatic N) is 1. The van der Waals surface area contributed by atoms with Gasteiger partial charge in [0.1, 0.15) is 11.6 Å². The number of halogens is 1. The minimum absolute atomic E-state index is 0.0304. The Kier molecular flexibility index (Phi) is 4.70. The fourth-order valence-corrected chi connectivity index (χ4v) is 2.46. The zero-order chi connectivity index (χ0) is 15.4. The number of hydrogen-bond donors (Lipinski definition) is 2. The van der Waals surface area contributed by atoms with Gasteiger partial charge < -0.3 is 15.4 Å². The molecular weight excluding hydrogens is 286 g/mol. The first kappa shape index (κ1) is 15.2. The first-order valence-electron chi connectivity index (χ1n) is 6.50. The minimum Gasteiger partial charge on any atom is -0.497 e. The van der Waals surface area contributed by atoms with Crippen LogP contribution in [0.3, 0.4) is 0 Å². The SMILES string of the molecule is COc1ccc(CN(C)c2cccc(Cl)c2C(=N)N)cc1. The molecule has 2 aromatic carbocycles. The molecule has 4 nitrogen and oxygen atoms in total. The van der Waals surface area contributed by atoms with Crippen LogP contribution in [0.25, 0.3) is 0 Å². The Morgan fingerprint density at radius 3 is 2.48 bits per heavy atom. The van der Waals surface area contributed by atoms with Crippen LogP contribution in [0.4, 0.5) is 5.69 Å². The van der Waals surface area contributed by atoms with Gasteiger partial charge in [0.25, 0.3) is 0 Å². The number of nitrogens with one attached hydrogen (secondary N) is 1. The van der Waals surface area contributed by atoms with Crippen molar-refractivity contribution in [3.05, 3.63) is 58.6 Å². The summed E-state index contributed by atoms with van der Waals surface area (Å²) in [4.78, 5) is 2.02. The molecule has 0 aromatic heterocycles. The average Bonchev–Trinajstić information content (AvgIpc) is 2.47. The van der Waals surface area contributed by atoms with Crippen molar-refractivity contribution >= 4 is 23.1 Å². The molecule has 5 heteroatoms. The number of nitrogen functional groups attached to an aromatic ring is 1. The molecule has 0 aliphatic rings. The van der Waals surface area contributed by atoms with E-state index in [-0.39, 0.29) is 5.84 Å². The molecule has 0 saturated heterocycles. The van der Waals surface area contributed by atoms with E-state index in [1.54, 1.807) is 13.2 Å². The smallest absolute Gasteiger partial charge is 0.126 e. The minimum atomic E-state index is -0.0304. The Labute approximate surface area is 129 Å². The van der Waals surface area contributed by atoms with E-state index in [1.807, 2.05) is 48.3 Å². The van der Waals surface area contributed by atoms with Crippen molar-refractivity contribution in [2.75, 3.05) is 19.1 Å². The Morgan fingerprint density at radius 1 is 1.24 bits per heavy atom. The third kappa shape index (κ3) is 3.47. The topological polar surface area (TPSA) is 62.3 Å². The van der Waals surface area contributed by atoms with Crippen LogP contribution in [0.2, 0.25) is 5.02 Å². The second kappa shape index (κ2) is 6.50. The van der Waals surface area contributed by atoms with Crippen LogP contribution in [0.5, 0.6) is 5.75 Å². The molecule has 0 atom stereocenters. The van der Waals surface area contributed by atoms with E-state index in [9.17, 15) is 0 Å². The van der Waals surface area contributed by atoms with E-state index in [1.165, 1.54) is 0 Å². The fraction of sp³-hybridized carbons (Fsp3) is 0.188. The van der Waals surface area contributed by atoms with Crippen LogP contribution in [-0.2, 0) is 6.54 Å². The predicted molar refractivity (Wildman–Crippen MR) is 87.6 cm³/mol. The maximum atomic E-state index is 7.69. The molecule has 21 heavy (non-hydrogen) atoms. The number of benzene rings is 2. The highest BCUT2D eigenvalue weighted by atomic mass is 35.5. The summed E-state index contributed by atoms with van der Waals surface area (Å²) in [6.07, 6.45) is 0. The van der Waals surface area contributed by atoms with Crippen molar-refractivity contribution in [3.8, 4) is 5.75 Å². The monoisotopic (exact) mass is 303 g/mol. The molecule has 0 amide bonds. The van der Waals surface area contributed by atoms with Crippen molar-refractivity contribution in [2.24, 2.45) is 5.73 Å². The van der Waals surface area contributed by atoms with Crippen LogP contribution in [0.15, 0.2) is 42.5 Å². The van der Waals surface area contributed by atoms with Gasteiger partial charge in [-0.25, -0.2) is 0 Å². The summed E-state index contributed by atoms with van der Waals surface area (Å²) in [5.74, 6) is 0.797. The number of rotatable bonds is 5. The fourth-order valence-electron chi connectivity index (χ4n) is 2.19. The van der Waals surface area contributed by atoms with Gasteiger partial charge in [0.2, 0.25) is 0 Å². The summed E-state index contributed by atoms with van der Waals surface area (Å²) in [5.41, 5.74) is 8.18. The number of anilines is 1. The molecule has 0 saturated carbocycles. The van der Waals surface area contributed by atoms with E-state index >= 15 is 0 Å². The predicted octanol–water partition coefficient (Wildman–Crippen LogP) is 3.27. The van der Waals surface area contributed by atoms with Crippen molar-refractivity contribution in [3.63, 3.8) is 0 Å². The first-order valence-corrected chi connectivity index (χ1v) is 6.87. The van der Waals surface area contributed by atoms with Crippen LogP contribution in [-0.4, -0.2) is 20.0 Å². The second-order valence-corrected chi connectivity index (χ2v) is 5.16. The Balaban J connectivity index is 2.25. The highest BCUT2D eigenvalue weighted by Gasteiger charge is 2.13. The lowest BCUT2D eigenvalue weighted by molar-refractivity contribution is 0.414. The van der Waals surface area contributed by atoms with Crippen LogP contribution in [0.1, 0.15) is 11.1 Å². The summed E-state index contributed by atoms with van der Waals surface area (Å²) in [7, 11) is 3.59. The van der Waals surface area contributed by atoms with Gasteiger partial charge in [-0.05, 0) is 29.8 Å². The molecule has 2 rings (SSSR count). The molecule has 3 N–H and O–H groups in total. The van der Waals surface area contributed by atoms with E-state index in [0.717, 1.165) is 17.0 Å². The largest absolute Gasteiger partial charge is 0.497 e. The summed E-state index contributed by atoms with van der Waals surface area (Å²) in [5, 5.41) is 8.18. The van der Waals surface area contributed by atoms with Gasteiger partial charge in [-0.15, -0.1) is 0 Å². The van der Waals surface area contributed by atoms with Crippen LogP contribution >= 0.6 is 11.6 Å². The standard InChI is InChI=1S/C16H18ClN3O/c1-20(10-11-6-8-12(21-2)9-7-11)14-5-3-4-13(17)15(14)16(18)19/h3-9H,10H2,1-2H3,(H3,18,19). The zero-order valence-corrected chi connectivity index (χ0v) is 12.8. The normalized spacial score (nSPS) is 10.2. The van der Waals surface area contributed by atoms with Gasteiger partial charge in [0, 0.05) is 19.3 Å². The summed E-state index contributed by atoms with van der Waals surface area (Å²) in [6, 6.07) is 13.4. The van der Waals surface area contributed by atoms with Gasteiger partial charge in [-0.2, -0.15) is 0 Å². The molecule has 2 aromatic rings. The van der Waals surface area contributed by atoms with E-state index in [2.05, 4.69) is 0 Å². The second-order valence-electron chi connectivity index (χ2n) is 4.75. The number of nitrogens with two attached hydrogens (primary N) is 1. The summed E-state index contributed by atoms with van der Waals surface area (Å²) >= 11 is 6.15. The lowest BCUT2D eigenvalue weighted by atomic mass is 10.1. The number of ether oxygens (including phenoxy) is 1. The molecule has 0 fully saturated rings. The molecule has 0 aliphatic carbocycles. The first-order chi connectivity index (χ1) is 10.0. The Bertz CT molecular complexity index is 640. The third-order valence-electron chi connectivity index (χ3n) is 3.25. The van der Waals surface area contributed by atoms with Crippen LogP contribution in [0, 0.1) is 5.41 Å². The lowest BCUT2D eigenvalue weighted by Gasteiger charge is -2.23. The molecule has 0 bridgehead atoms. The van der Waals surface area contributed by atoms with Gasteiger partial charge in [-0.1, -0.05) is 29.8 Å². The number of methoxy groups -OCH3 is 1. The van der Waals surface area contributed by atoms with Gasteiger partial charge in [0.05, 0.1) is 17.7 Å². The molecule has 110 valence electrons. The van der Waals surface area contributed by atoms with Gasteiger partial charge >= 0.3 is 0 Å². The molecule has 0 radical (unpaired) electrons. The zero-order valence-electron chi connectivity index (χ0n) is 12.1. The Hall–Kier alpha value is -2.20. The van der Waals surface area contributed by atoms with E-state index < -0.39 is 0 Å². The highest BCUT2D eigenvalue weighted by Crippen LogP contribution is 2.27. The van der Waals surface area contributed by atoms with Crippen molar-refractivity contribution in [1.82, 2.24) is 0 Å². The maximum Gasteiger partial charge on any atom is 0.126 e. The summed E-state index contributed by atoms with van der Waals surface area (Å²) in [6.45, 7) is 0.685.